The van der Waals surface area contributed by atoms with E-state index in [-0.39, 0.29) is 11.4 Å². The number of hydrogen-bond acceptors (Lipinski definition) is 6. The second-order valence-electron chi connectivity index (χ2n) is 5.80. The molecular weight excluding hydrogens is 370 g/mol. The molecule has 0 bridgehead atoms. The van der Waals surface area contributed by atoms with Crippen molar-refractivity contribution in [2.24, 2.45) is 0 Å². The molecule has 0 aliphatic carbocycles. The maximum atomic E-state index is 12.5. The van der Waals surface area contributed by atoms with Gasteiger partial charge in [-0.3, -0.25) is 4.79 Å². The van der Waals surface area contributed by atoms with Gasteiger partial charge in [-0.2, -0.15) is 4.31 Å². The summed E-state index contributed by atoms with van der Waals surface area (Å²) in [7, 11) is -2.52. The third-order valence-corrected chi connectivity index (χ3v) is 5.49. The van der Waals surface area contributed by atoms with Crippen molar-refractivity contribution in [3.05, 3.63) is 60.2 Å². The number of carbonyl (C=O) groups excluding carboxylic acids is 2. The van der Waals surface area contributed by atoms with Crippen molar-refractivity contribution in [1.82, 2.24) is 4.31 Å². The molecule has 143 valence electrons. The van der Waals surface area contributed by atoms with Gasteiger partial charge in [-0.15, -0.1) is 0 Å². The molecule has 1 unspecified atom stereocenters. The first kappa shape index (κ1) is 20.6. The van der Waals surface area contributed by atoms with Crippen molar-refractivity contribution in [3.8, 4) is 5.75 Å². The van der Waals surface area contributed by atoms with Gasteiger partial charge in [-0.1, -0.05) is 35.9 Å². The summed E-state index contributed by atoms with van der Waals surface area (Å²) in [5.41, 5.74) is 0.919. The molecule has 0 spiro atoms. The fraction of sp³-hybridized carbons (Fsp3) is 0.263. The average molecular weight is 390 g/mol. The van der Waals surface area contributed by atoms with Gasteiger partial charge in [-0.05, 0) is 31.2 Å². The molecule has 0 saturated heterocycles. The normalized spacial score (nSPS) is 12.4. The van der Waals surface area contributed by atoms with Crippen LogP contribution in [-0.2, 0) is 24.3 Å². The Bertz CT molecular complexity index is 865. The van der Waals surface area contributed by atoms with Crippen molar-refractivity contribution in [2.45, 2.75) is 17.9 Å². The molecule has 1 radical (unpaired) electrons. The summed E-state index contributed by atoms with van der Waals surface area (Å²) in [6, 6.07) is 14.9. The fourth-order valence-electron chi connectivity index (χ4n) is 2.17. The van der Waals surface area contributed by atoms with Crippen LogP contribution >= 0.6 is 0 Å². The summed E-state index contributed by atoms with van der Waals surface area (Å²) in [6.07, 6.45) is 0.181. The number of aryl methyl sites for hydroxylation is 1. The Morgan fingerprint density at radius 2 is 1.74 bits per heavy atom. The maximum Gasteiger partial charge on any atom is 0.344 e. The van der Waals surface area contributed by atoms with Gasteiger partial charge < -0.3 is 9.47 Å². The predicted octanol–water partition coefficient (Wildman–Crippen LogP) is 1.72. The molecular formula is C19H20NO6S. The van der Waals surface area contributed by atoms with Gasteiger partial charge in [0.1, 0.15) is 5.75 Å². The van der Waals surface area contributed by atoms with Crippen LogP contribution in [0.15, 0.2) is 59.5 Å². The van der Waals surface area contributed by atoms with Gasteiger partial charge >= 0.3 is 5.97 Å². The van der Waals surface area contributed by atoms with E-state index in [1.54, 1.807) is 48.8 Å². The summed E-state index contributed by atoms with van der Waals surface area (Å²) in [5.74, 6) is -0.325. The lowest BCUT2D eigenvalue weighted by molar-refractivity contribution is -0.148. The first-order valence-electron chi connectivity index (χ1n) is 8.11. The molecule has 0 aliphatic heterocycles. The molecule has 0 saturated carbocycles. The summed E-state index contributed by atoms with van der Waals surface area (Å²) in [6.45, 7) is 1.09. The topological polar surface area (TPSA) is 90.0 Å². The molecule has 27 heavy (non-hydrogen) atoms. The van der Waals surface area contributed by atoms with Gasteiger partial charge in [0.05, 0.1) is 11.4 Å². The zero-order chi connectivity index (χ0) is 19.9. The Balaban J connectivity index is 1.93. The number of rotatable bonds is 9. The van der Waals surface area contributed by atoms with E-state index < -0.39 is 28.7 Å². The maximum absolute atomic E-state index is 12.5. The second-order valence-corrected chi connectivity index (χ2v) is 7.84. The van der Waals surface area contributed by atoms with Crippen LogP contribution in [0.25, 0.3) is 0 Å². The van der Waals surface area contributed by atoms with E-state index in [0.29, 0.717) is 5.75 Å². The molecule has 2 aromatic carbocycles. The number of ether oxygens (including phenoxy) is 2. The van der Waals surface area contributed by atoms with Gasteiger partial charge in [-0.25, -0.2) is 13.2 Å². The highest BCUT2D eigenvalue weighted by Gasteiger charge is 2.26. The van der Waals surface area contributed by atoms with Crippen molar-refractivity contribution in [3.63, 3.8) is 0 Å². The molecule has 0 aliphatic rings. The standard InChI is InChI=1S/C19H20NO6S/c1-15-8-10-18(11-9-15)27(23,24)20(2)12-17(13-21)26-19(22)14-25-16-6-4-3-5-7-16/h3-11,17H,12,14H2,1-2H3. The number of hydrogen-bond donors (Lipinski definition) is 0. The Hall–Kier alpha value is -2.71. The van der Waals surface area contributed by atoms with Gasteiger partial charge in [0.15, 0.2) is 12.7 Å². The number of likely N-dealkylation sites (N-methyl/N-ethyl adjacent to an activating group) is 1. The third-order valence-electron chi connectivity index (χ3n) is 3.66. The molecule has 0 aromatic heterocycles. The van der Waals surface area contributed by atoms with Crippen LogP contribution in [0.3, 0.4) is 0 Å². The monoisotopic (exact) mass is 390 g/mol. The number of benzene rings is 2. The number of para-hydroxylation sites is 1. The Labute approximate surface area is 158 Å². The molecule has 2 aromatic rings. The van der Waals surface area contributed by atoms with Crippen molar-refractivity contribution >= 4 is 22.3 Å². The lowest BCUT2D eigenvalue weighted by atomic mass is 10.2. The molecule has 0 N–H and O–H groups in total. The van der Waals surface area contributed by atoms with E-state index in [1.807, 2.05) is 6.92 Å². The minimum Gasteiger partial charge on any atom is -0.482 e. The first-order chi connectivity index (χ1) is 12.8. The summed E-state index contributed by atoms with van der Waals surface area (Å²) >= 11 is 0. The molecule has 7 nitrogen and oxygen atoms in total. The molecule has 0 heterocycles. The quantitative estimate of drug-likeness (QED) is 0.606. The number of esters is 1. The van der Waals surface area contributed by atoms with Crippen LogP contribution in [0.4, 0.5) is 0 Å². The number of carbonyl (C=O) groups is 1. The van der Waals surface area contributed by atoms with Gasteiger partial charge in [0.2, 0.25) is 16.3 Å². The van der Waals surface area contributed by atoms with Crippen molar-refractivity contribution in [1.29, 1.82) is 0 Å². The van der Waals surface area contributed by atoms with Gasteiger partial charge in [0, 0.05) is 7.05 Å². The highest BCUT2D eigenvalue weighted by atomic mass is 32.2. The molecule has 0 fully saturated rings. The van der Waals surface area contributed by atoms with Crippen LogP contribution in [0.5, 0.6) is 5.75 Å². The van der Waals surface area contributed by atoms with E-state index in [9.17, 15) is 18.0 Å². The minimum absolute atomic E-state index is 0.0824. The zero-order valence-electron chi connectivity index (χ0n) is 15.0. The number of sulfonamides is 1. The Kier molecular flexibility index (Phi) is 7.09. The van der Waals surface area contributed by atoms with E-state index in [1.165, 1.54) is 19.2 Å². The van der Waals surface area contributed by atoms with Crippen molar-refractivity contribution in [2.75, 3.05) is 20.2 Å². The minimum atomic E-state index is -3.82. The lowest BCUT2D eigenvalue weighted by Gasteiger charge is -2.20. The van der Waals surface area contributed by atoms with Crippen LogP contribution in [-0.4, -0.2) is 51.3 Å². The highest BCUT2D eigenvalue weighted by Crippen LogP contribution is 2.15. The van der Waals surface area contributed by atoms with Crippen molar-refractivity contribution < 1.29 is 27.5 Å². The van der Waals surface area contributed by atoms with Crippen LogP contribution in [0.2, 0.25) is 0 Å². The molecule has 8 heteroatoms. The van der Waals surface area contributed by atoms with Crippen LogP contribution in [0.1, 0.15) is 5.56 Å². The lowest BCUT2D eigenvalue weighted by Crippen LogP contribution is -2.38. The van der Waals surface area contributed by atoms with E-state index in [4.69, 9.17) is 9.47 Å². The van der Waals surface area contributed by atoms with Crippen LogP contribution < -0.4 is 4.74 Å². The first-order valence-corrected chi connectivity index (χ1v) is 9.55. The SMILES string of the molecule is Cc1ccc(S(=O)(=O)N(C)CC([C]=O)OC(=O)COc2ccccc2)cc1. The molecule has 2 rings (SSSR count). The Morgan fingerprint density at radius 3 is 2.33 bits per heavy atom. The summed E-state index contributed by atoms with van der Waals surface area (Å²) in [5, 5.41) is 0. The zero-order valence-corrected chi connectivity index (χ0v) is 15.8. The van der Waals surface area contributed by atoms with E-state index in [0.717, 1.165) is 9.87 Å². The second kappa shape index (κ2) is 9.29. The summed E-state index contributed by atoms with van der Waals surface area (Å²) < 4.78 is 36.2. The largest absolute Gasteiger partial charge is 0.482 e. The van der Waals surface area contributed by atoms with E-state index >= 15 is 0 Å². The van der Waals surface area contributed by atoms with Crippen LogP contribution in [0, 0.1) is 6.92 Å². The van der Waals surface area contributed by atoms with Gasteiger partial charge in [0.25, 0.3) is 0 Å². The molecule has 1 atom stereocenters. The summed E-state index contributed by atoms with van der Waals surface area (Å²) in [4.78, 5) is 23.0. The van der Waals surface area contributed by atoms with E-state index in [2.05, 4.69) is 0 Å². The average Bonchev–Trinajstić information content (AvgIpc) is 2.66. The number of nitrogens with zero attached hydrogens (tertiary/aromatic N) is 1. The smallest absolute Gasteiger partial charge is 0.344 e. The Morgan fingerprint density at radius 1 is 1.11 bits per heavy atom. The third kappa shape index (κ3) is 5.90. The molecule has 0 amide bonds. The highest BCUT2D eigenvalue weighted by molar-refractivity contribution is 7.89. The fourth-order valence-corrected chi connectivity index (χ4v) is 3.34. The predicted molar refractivity (Wildman–Crippen MR) is 98.5 cm³/mol.